The molecule has 17 heavy (non-hydrogen) atoms. The van der Waals surface area contributed by atoms with E-state index >= 15 is 0 Å². The summed E-state index contributed by atoms with van der Waals surface area (Å²) in [6, 6.07) is 8.22. The minimum Gasteiger partial charge on any atom is -0.146 e. The molecule has 0 amide bonds. The van der Waals surface area contributed by atoms with Gasteiger partial charge in [0.2, 0.25) is 0 Å². The monoisotopic (exact) mass is 392 g/mol. The molecule has 0 nitrogen and oxygen atoms in total. The number of hydrogen-bond acceptors (Lipinski definition) is 1. The summed E-state index contributed by atoms with van der Waals surface area (Å²) in [4.78, 5) is 2.83. The summed E-state index contributed by atoms with van der Waals surface area (Å²) in [5.74, 6) is 0. The van der Waals surface area contributed by atoms with Crippen LogP contribution in [0.4, 0.5) is 0 Å². The van der Waals surface area contributed by atoms with Crippen LogP contribution < -0.4 is 0 Å². The van der Waals surface area contributed by atoms with Gasteiger partial charge in [0.25, 0.3) is 0 Å². The molecule has 0 N–H and O–H groups in total. The van der Waals surface area contributed by atoms with Crippen molar-refractivity contribution in [3.05, 3.63) is 54.6 Å². The summed E-state index contributed by atoms with van der Waals surface area (Å²) < 4.78 is 1.00. The number of aryl methyl sites for hydroxylation is 2. The van der Waals surface area contributed by atoms with E-state index in [9.17, 15) is 0 Å². The van der Waals surface area contributed by atoms with E-state index in [0.717, 1.165) is 15.1 Å². The molecule has 0 spiro atoms. The summed E-state index contributed by atoms with van der Waals surface area (Å²) in [6.07, 6.45) is 0. The molecule has 0 aliphatic heterocycles. The maximum Gasteiger partial charge on any atom is 0.0669 e. The van der Waals surface area contributed by atoms with Crippen molar-refractivity contribution in [2.24, 2.45) is 0 Å². The van der Waals surface area contributed by atoms with Gasteiger partial charge in [0.05, 0.1) is 4.83 Å². The molecule has 0 fully saturated rings. The summed E-state index contributed by atoms with van der Waals surface area (Å²) >= 11 is 15.3. The van der Waals surface area contributed by atoms with Gasteiger partial charge in [-0.15, -0.1) is 11.3 Å². The van der Waals surface area contributed by atoms with E-state index < -0.39 is 0 Å². The van der Waals surface area contributed by atoms with E-state index in [2.05, 4.69) is 57.8 Å². The molecule has 0 aliphatic carbocycles. The third kappa shape index (κ3) is 2.95. The molecule has 1 atom stereocenters. The quantitative estimate of drug-likeness (QED) is 0.527. The maximum atomic E-state index is 6.28. The van der Waals surface area contributed by atoms with Gasteiger partial charge in [0, 0.05) is 19.2 Å². The number of rotatable bonds is 2. The molecule has 4 heteroatoms. The first kappa shape index (κ1) is 13.6. The Labute approximate surface area is 127 Å². The molecule has 0 bridgehead atoms. The van der Waals surface area contributed by atoms with Crippen LogP contribution in [-0.2, 0) is 0 Å². The molecular weight excluding hydrogens is 383 g/mol. The van der Waals surface area contributed by atoms with Gasteiger partial charge in [-0.05, 0) is 43.2 Å². The number of hydrogen-bond donors (Lipinski definition) is 0. The highest BCUT2D eigenvalue weighted by Gasteiger charge is 2.17. The van der Waals surface area contributed by atoms with Crippen LogP contribution in [0.5, 0.6) is 0 Å². The standard InChI is InChI=1S/C13H11Br2ClS/c1-7-5-11(8(2)17-7)13(15)10-4-3-9(14)6-12(10)16/h3-6,13H,1-2H3. The molecule has 90 valence electrons. The largest absolute Gasteiger partial charge is 0.146 e. The summed E-state index contributed by atoms with van der Waals surface area (Å²) in [7, 11) is 0. The van der Waals surface area contributed by atoms with E-state index in [-0.39, 0.29) is 4.83 Å². The van der Waals surface area contributed by atoms with E-state index in [4.69, 9.17) is 11.6 Å². The zero-order valence-corrected chi connectivity index (χ0v) is 14.2. The van der Waals surface area contributed by atoms with Crippen molar-refractivity contribution in [2.75, 3.05) is 0 Å². The fourth-order valence-corrected chi connectivity index (χ4v) is 4.68. The molecule has 1 heterocycles. The molecule has 1 unspecified atom stereocenters. The van der Waals surface area contributed by atoms with Crippen molar-refractivity contribution in [1.29, 1.82) is 0 Å². The summed E-state index contributed by atoms with van der Waals surface area (Å²) in [5.41, 5.74) is 2.41. The van der Waals surface area contributed by atoms with Crippen LogP contribution in [0, 0.1) is 13.8 Å². The van der Waals surface area contributed by atoms with E-state index in [1.807, 2.05) is 23.5 Å². The second kappa shape index (κ2) is 5.43. The predicted molar refractivity (Wildman–Crippen MR) is 83.7 cm³/mol. The zero-order chi connectivity index (χ0) is 12.6. The highest BCUT2D eigenvalue weighted by molar-refractivity contribution is 9.10. The lowest BCUT2D eigenvalue weighted by molar-refractivity contribution is 1.17. The summed E-state index contributed by atoms with van der Waals surface area (Å²) in [5, 5.41) is 0.782. The average Bonchev–Trinajstić information content (AvgIpc) is 2.57. The Kier molecular flexibility index (Phi) is 4.35. The van der Waals surface area contributed by atoms with Crippen LogP contribution >= 0.6 is 54.8 Å². The number of halogens is 3. The molecule has 2 rings (SSSR count). The van der Waals surface area contributed by atoms with Gasteiger partial charge in [-0.3, -0.25) is 0 Å². The third-order valence-corrected chi connectivity index (χ3v) is 5.38. The Hall–Kier alpha value is 0.170. The molecule has 1 aromatic heterocycles. The van der Waals surface area contributed by atoms with Crippen LogP contribution in [0.3, 0.4) is 0 Å². The van der Waals surface area contributed by atoms with Gasteiger partial charge in [0.1, 0.15) is 0 Å². The fraction of sp³-hybridized carbons (Fsp3) is 0.231. The van der Waals surface area contributed by atoms with Crippen LogP contribution in [0.15, 0.2) is 28.7 Å². The molecule has 0 saturated carbocycles. The highest BCUT2D eigenvalue weighted by atomic mass is 79.9. The van der Waals surface area contributed by atoms with Crippen molar-refractivity contribution in [3.63, 3.8) is 0 Å². The van der Waals surface area contributed by atoms with Crippen LogP contribution in [0.2, 0.25) is 5.02 Å². The molecule has 2 aromatic rings. The minimum atomic E-state index is 0.160. The minimum absolute atomic E-state index is 0.160. The lowest BCUT2D eigenvalue weighted by Gasteiger charge is -2.12. The SMILES string of the molecule is Cc1cc(C(Br)c2ccc(Br)cc2Cl)c(C)s1. The molecule has 0 aliphatic rings. The highest BCUT2D eigenvalue weighted by Crippen LogP contribution is 2.40. The lowest BCUT2D eigenvalue weighted by atomic mass is 10.1. The summed E-state index contributed by atoms with van der Waals surface area (Å²) in [6.45, 7) is 4.28. The molecule has 1 aromatic carbocycles. The lowest BCUT2D eigenvalue weighted by Crippen LogP contribution is -1.93. The van der Waals surface area contributed by atoms with Gasteiger partial charge < -0.3 is 0 Å². The average molecular weight is 395 g/mol. The Balaban J connectivity index is 2.43. The van der Waals surface area contributed by atoms with E-state index in [1.54, 1.807) is 0 Å². The Morgan fingerprint density at radius 3 is 2.41 bits per heavy atom. The Morgan fingerprint density at radius 2 is 1.88 bits per heavy atom. The normalized spacial score (nSPS) is 12.8. The molecule has 0 radical (unpaired) electrons. The number of thiophene rings is 1. The Bertz CT molecular complexity index is 548. The smallest absolute Gasteiger partial charge is 0.0669 e. The second-order valence-electron chi connectivity index (χ2n) is 3.90. The van der Waals surface area contributed by atoms with Crippen LogP contribution in [-0.4, -0.2) is 0 Å². The Morgan fingerprint density at radius 1 is 1.18 bits per heavy atom. The van der Waals surface area contributed by atoms with Gasteiger partial charge in [-0.25, -0.2) is 0 Å². The van der Waals surface area contributed by atoms with Gasteiger partial charge >= 0.3 is 0 Å². The van der Waals surface area contributed by atoms with E-state index in [0.29, 0.717) is 0 Å². The predicted octanol–water partition coefficient (Wildman–Crippen LogP) is 6.27. The number of benzene rings is 1. The van der Waals surface area contributed by atoms with Crippen molar-refractivity contribution >= 4 is 54.8 Å². The van der Waals surface area contributed by atoms with Gasteiger partial charge in [0.15, 0.2) is 0 Å². The topological polar surface area (TPSA) is 0 Å². The van der Waals surface area contributed by atoms with E-state index in [1.165, 1.54) is 15.3 Å². The van der Waals surface area contributed by atoms with Crippen molar-refractivity contribution in [1.82, 2.24) is 0 Å². The van der Waals surface area contributed by atoms with Crippen LogP contribution in [0.25, 0.3) is 0 Å². The van der Waals surface area contributed by atoms with Gasteiger partial charge in [-0.1, -0.05) is 49.5 Å². The molecular formula is C13H11Br2ClS. The first-order valence-electron chi connectivity index (χ1n) is 5.15. The first-order chi connectivity index (χ1) is 7.99. The first-order valence-corrected chi connectivity index (χ1v) is 8.05. The van der Waals surface area contributed by atoms with Crippen molar-refractivity contribution < 1.29 is 0 Å². The zero-order valence-electron chi connectivity index (χ0n) is 9.43. The number of alkyl halides is 1. The van der Waals surface area contributed by atoms with Crippen molar-refractivity contribution in [3.8, 4) is 0 Å². The fourth-order valence-electron chi connectivity index (χ4n) is 1.78. The third-order valence-electron chi connectivity index (χ3n) is 2.59. The maximum absolute atomic E-state index is 6.28. The second-order valence-corrected chi connectivity index (χ2v) is 7.60. The van der Waals surface area contributed by atoms with Crippen molar-refractivity contribution in [2.45, 2.75) is 18.7 Å². The van der Waals surface area contributed by atoms with Gasteiger partial charge in [-0.2, -0.15) is 0 Å². The van der Waals surface area contributed by atoms with Crippen LogP contribution in [0.1, 0.15) is 25.7 Å². The molecule has 0 saturated heterocycles.